The van der Waals surface area contributed by atoms with Gasteiger partial charge in [0.05, 0.1) is 10.5 Å². The standard InChI is InChI=1S/C14H11Br2F3N2/c15-8-3-7(4-9(17)5-8)13(21-20)6-10-12(18)2-1-11(16)14(10)19/h1-5,13,21H,6,20H2. The number of hydrogen-bond donors (Lipinski definition) is 2. The highest BCUT2D eigenvalue weighted by molar-refractivity contribution is 9.10. The van der Waals surface area contributed by atoms with Crippen LogP contribution in [0.1, 0.15) is 17.2 Å². The second-order valence-electron chi connectivity index (χ2n) is 4.45. The zero-order chi connectivity index (χ0) is 15.6. The molecule has 0 heterocycles. The van der Waals surface area contributed by atoms with Gasteiger partial charge in [0.2, 0.25) is 0 Å². The van der Waals surface area contributed by atoms with E-state index in [-0.39, 0.29) is 16.5 Å². The van der Waals surface area contributed by atoms with E-state index in [9.17, 15) is 13.2 Å². The number of halogens is 5. The number of nitrogens with one attached hydrogen (secondary N) is 1. The Morgan fingerprint density at radius 3 is 2.43 bits per heavy atom. The van der Waals surface area contributed by atoms with Crippen LogP contribution in [0.3, 0.4) is 0 Å². The minimum Gasteiger partial charge on any atom is -0.271 e. The zero-order valence-electron chi connectivity index (χ0n) is 10.6. The largest absolute Gasteiger partial charge is 0.271 e. The molecule has 0 aliphatic heterocycles. The van der Waals surface area contributed by atoms with Crippen LogP contribution < -0.4 is 11.3 Å². The van der Waals surface area contributed by atoms with Crippen LogP contribution in [-0.4, -0.2) is 0 Å². The van der Waals surface area contributed by atoms with Crippen LogP contribution >= 0.6 is 31.9 Å². The van der Waals surface area contributed by atoms with Gasteiger partial charge in [-0.25, -0.2) is 13.2 Å². The predicted molar refractivity (Wildman–Crippen MR) is 81.9 cm³/mol. The molecule has 2 rings (SSSR count). The second kappa shape index (κ2) is 6.91. The summed E-state index contributed by atoms with van der Waals surface area (Å²) < 4.78 is 41.9. The average Bonchev–Trinajstić information content (AvgIpc) is 2.42. The maximum atomic E-state index is 14.0. The highest BCUT2D eigenvalue weighted by Crippen LogP contribution is 2.28. The lowest BCUT2D eigenvalue weighted by Gasteiger charge is -2.18. The molecule has 2 aromatic rings. The van der Waals surface area contributed by atoms with Crippen molar-refractivity contribution in [1.29, 1.82) is 0 Å². The summed E-state index contributed by atoms with van der Waals surface area (Å²) >= 11 is 6.18. The molecule has 0 aromatic heterocycles. The highest BCUT2D eigenvalue weighted by Gasteiger charge is 2.19. The third kappa shape index (κ3) is 3.85. The van der Waals surface area contributed by atoms with Crippen LogP contribution in [0.15, 0.2) is 39.3 Å². The molecule has 0 bridgehead atoms. The van der Waals surface area contributed by atoms with Gasteiger partial charge in [0.1, 0.15) is 17.5 Å². The third-order valence-corrected chi connectivity index (χ3v) is 4.11. The lowest BCUT2D eigenvalue weighted by Crippen LogP contribution is -2.30. The Labute approximate surface area is 136 Å². The monoisotopic (exact) mass is 422 g/mol. The molecule has 1 unspecified atom stereocenters. The van der Waals surface area contributed by atoms with E-state index in [2.05, 4.69) is 37.3 Å². The number of hydrazine groups is 1. The van der Waals surface area contributed by atoms with E-state index in [0.29, 0.717) is 10.0 Å². The first-order valence-electron chi connectivity index (χ1n) is 5.97. The first-order chi connectivity index (χ1) is 9.92. The van der Waals surface area contributed by atoms with Gasteiger partial charge >= 0.3 is 0 Å². The summed E-state index contributed by atoms with van der Waals surface area (Å²) in [5.74, 6) is 3.62. The smallest absolute Gasteiger partial charge is 0.143 e. The Bertz CT molecular complexity index is 645. The molecular weight excluding hydrogens is 413 g/mol. The molecule has 2 nitrogen and oxygen atoms in total. The first-order valence-corrected chi connectivity index (χ1v) is 7.55. The minimum absolute atomic E-state index is 0.0521. The van der Waals surface area contributed by atoms with Crippen molar-refractivity contribution in [3.63, 3.8) is 0 Å². The summed E-state index contributed by atoms with van der Waals surface area (Å²) in [6, 6.07) is 6.02. The lowest BCUT2D eigenvalue weighted by molar-refractivity contribution is 0.495. The van der Waals surface area contributed by atoms with Gasteiger partial charge in [-0.05, 0) is 58.2 Å². The fraction of sp³-hybridized carbons (Fsp3) is 0.143. The molecule has 0 saturated carbocycles. The van der Waals surface area contributed by atoms with Gasteiger partial charge in [-0.2, -0.15) is 0 Å². The Morgan fingerprint density at radius 1 is 1.10 bits per heavy atom. The molecule has 7 heteroatoms. The van der Waals surface area contributed by atoms with E-state index in [4.69, 9.17) is 5.84 Å². The van der Waals surface area contributed by atoms with E-state index in [1.54, 1.807) is 6.07 Å². The van der Waals surface area contributed by atoms with Crippen molar-refractivity contribution in [1.82, 2.24) is 5.43 Å². The van der Waals surface area contributed by atoms with Gasteiger partial charge in [-0.1, -0.05) is 15.9 Å². The maximum Gasteiger partial charge on any atom is 0.143 e. The lowest BCUT2D eigenvalue weighted by atomic mass is 9.98. The van der Waals surface area contributed by atoms with Crippen molar-refractivity contribution < 1.29 is 13.2 Å². The molecule has 2 aromatic carbocycles. The molecule has 1 atom stereocenters. The molecule has 0 aliphatic rings. The van der Waals surface area contributed by atoms with Gasteiger partial charge < -0.3 is 0 Å². The van der Waals surface area contributed by atoms with E-state index in [1.165, 1.54) is 18.2 Å². The molecule has 0 aliphatic carbocycles. The predicted octanol–water partition coefficient (Wildman–Crippen LogP) is 4.38. The van der Waals surface area contributed by atoms with Crippen LogP contribution in [0.5, 0.6) is 0 Å². The van der Waals surface area contributed by atoms with Gasteiger partial charge in [0.15, 0.2) is 0 Å². The molecule has 3 N–H and O–H groups in total. The van der Waals surface area contributed by atoms with Crippen LogP contribution in [-0.2, 0) is 6.42 Å². The fourth-order valence-electron chi connectivity index (χ4n) is 2.01. The third-order valence-electron chi connectivity index (χ3n) is 3.04. The molecule has 0 amide bonds. The topological polar surface area (TPSA) is 38.0 Å². The van der Waals surface area contributed by atoms with E-state index >= 15 is 0 Å². The SMILES string of the molecule is NNC(Cc1c(F)ccc(Br)c1F)c1cc(F)cc(Br)c1. The first kappa shape index (κ1) is 16.5. The van der Waals surface area contributed by atoms with Crippen molar-refractivity contribution in [3.8, 4) is 0 Å². The van der Waals surface area contributed by atoms with E-state index < -0.39 is 23.5 Å². The Morgan fingerprint density at radius 2 is 1.81 bits per heavy atom. The summed E-state index contributed by atoms with van der Waals surface area (Å²) in [7, 11) is 0. The fourth-order valence-corrected chi connectivity index (χ4v) is 2.86. The van der Waals surface area contributed by atoms with Crippen molar-refractivity contribution in [3.05, 3.63) is 67.9 Å². The number of benzene rings is 2. The van der Waals surface area contributed by atoms with Crippen LogP contribution in [0.4, 0.5) is 13.2 Å². The van der Waals surface area contributed by atoms with Crippen LogP contribution in [0.25, 0.3) is 0 Å². The molecule has 0 radical (unpaired) electrons. The number of hydrogen-bond acceptors (Lipinski definition) is 2. The van der Waals surface area contributed by atoms with Crippen molar-refractivity contribution in [2.24, 2.45) is 5.84 Å². The zero-order valence-corrected chi connectivity index (χ0v) is 13.8. The van der Waals surface area contributed by atoms with Gasteiger partial charge in [0.25, 0.3) is 0 Å². The maximum absolute atomic E-state index is 14.0. The van der Waals surface area contributed by atoms with Crippen molar-refractivity contribution in [2.45, 2.75) is 12.5 Å². The normalized spacial score (nSPS) is 12.5. The summed E-state index contributed by atoms with van der Waals surface area (Å²) in [5, 5.41) is 0. The second-order valence-corrected chi connectivity index (χ2v) is 6.22. The molecule has 0 spiro atoms. The summed E-state index contributed by atoms with van der Waals surface area (Å²) in [5.41, 5.74) is 2.83. The summed E-state index contributed by atoms with van der Waals surface area (Å²) in [6.45, 7) is 0. The summed E-state index contributed by atoms with van der Waals surface area (Å²) in [6.07, 6.45) is -0.0521. The Balaban J connectivity index is 2.38. The highest BCUT2D eigenvalue weighted by atomic mass is 79.9. The van der Waals surface area contributed by atoms with Gasteiger partial charge in [0, 0.05) is 10.0 Å². The Hall–Kier alpha value is -0.890. The molecular formula is C14H11Br2F3N2. The molecule has 0 saturated heterocycles. The number of nitrogens with two attached hydrogens (primary N) is 1. The van der Waals surface area contributed by atoms with E-state index in [1.807, 2.05) is 0 Å². The quantitative estimate of drug-likeness (QED) is 0.435. The van der Waals surface area contributed by atoms with Gasteiger partial charge in [-0.15, -0.1) is 0 Å². The Kier molecular flexibility index (Phi) is 5.43. The van der Waals surface area contributed by atoms with Crippen molar-refractivity contribution in [2.75, 3.05) is 0 Å². The molecule has 21 heavy (non-hydrogen) atoms. The summed E-state index contributed by atoms with van der Waals surface area (Å²) in [4.78, 5) is 0. The van der Waals surface area contributed by atoms with Crippen LogP contribution in [0, 0.1) is 17.5 Å². The van der Waals surface area contributed by atoms with Crippen molar-refractivity contribution >= 4 is 31.9 Å². The minimum atomic E-state index is -0.689. The van der Waals surface area contributed by atoms with Crippen LogP contribution in [0.2, 0.25) is 0 Å². The molecule has 112 valence electrons. The van der Waals surface area contributed by atoms with Gasteiger partial charge in [-0.3, -0.25) is 11.3 Å². The molecule has 0 fully saturated rings. The van der Waals surface area contributed by atoms with E-state index in [0.717, 1.165) is 6.07 Å². The number of rotatable bonds is 4. The average molecular weight is 424 g/mol.